The monoisotopic (exact) mass is 168 g/mol. The van der Waals surface area contributed by atoms with Crippen LogP contribution in [-0.2, 0) is 4.74 Å². The standard InChI is InChI=1S/C9H16N2O/c1-3-4-5-12-9-7-10-8(2)6-11-9/h8-11H,5-7H2,1-2H3/t8-,9?/m1/s1. The lowest BCUT2D eigenvalue weighted by Gasteiger charge is -2.28. The van der Waals surface area contributed by atoms with Crippen molar-refractivity contribution in [1.29, 1.82) is 0 Å². The third-order valence-corrected chi connectivity index (χ3v) is 1.84. The fraction of sp³-hybridized carbons (Fsp3) is 0.778. The molecule has 0 amide bonds. The maximum absolute atomic E-state index is 5.42. The predicted octanol–water partition coefficient (Wildman–Crippen LogP) is -0.0663. The minimum absolute atomic E-state index is 0.127. The summed E-state index contributed by atoms with van der Waals surface area (Å²) in [5.74, 6) is 5.66. The molecule has 3 heteroatoms. The van der Waals surface area contributed by atoms with Gasteiger partial charge in [0.05, 0.1) is 0 Å². The summed E-state index contributed by atoms with van der Waals surface area (Å²) in [6.45, 7) is 6.31. The summed E-state index contributed by atoms with van der Waals surface area (Å²) in [6, 6.07) is 0.544. The Morgan fingerprint density at radius 2 is 2.25 bits per heavy atom. The zero-order valence-corrected chi connectivity index (χ0v) is 7.68. The molecule has 3 nitrogen and oxygen atoms in total. The molecule has 1 saturated heterocycles. The summed E-state index contributed by atoms with van der Waals surface area (Å²) in [5, 5.41) is 6.60. The van der Waals surface area contributed by atoms with Gasteiger partial charge in [0.15, 0.2) is 0 Å². The van der Waals surface area contributed by atoms with E-state index in [1.807, 2.05) is 6.92 Å². The molecule has 2 N–H and O–H groups in total. The van der Waals surface area contributed by atoms with Crippen LogP contribution in [0.2, 0.25) is 0 Å². The molecule has 0 aliphatic carbocycles. The van der Waals surface area contributed by atoms with E-state index in [-0.39, 0.29) is 6.23 Å². The van der Waals surface area contributed by atoms with Crippen molar-refractivity contribution in [2.45, 2.75) is 26.1 Å². The molecule has 0 aromatic rings. The van der Waals surface area contributed by atoms with Crippen molar-refractivity contribution >= 4 is 0 Å². The second-order valence-electron chi connectivity index (χ2n) is 2.94. The van der Waals surface area contributed by atoms with Gasteiger partial charge in [-0.3, -0.25) is 5.32 Å². The third-order valence-electron chi connectivity index (χ3n) is 1.84. The van der Waals surface area contributed by atoms with Crippen LogP contribution in [0.5, 0.6) is 0 Å². The molecule has 0 spiro atoms. The highest BCUT2D eigenvalue weighted by molar-refractivity contribution is 4.95. The maximum Gasteiger partial charge on any atom is 0.122 e. The lowest BCUT2D eigenvalue weighted by molar-refractivity contribution is 0.0348. The minimum Gasteiger partial charge on any atom is -0.349 e. The molecule has 2 atom stereocenters. The zero-order chi connectivity index (χ0) is 8.81. The average molecular weight is 168 g/mol. The van der Waals surface area contributed by atoms with E-state index in [9.17, 15) is 0 Å². The SMILES string of the molecule is CC#CCOC1CN[C@H](C)CN1. The van der Waals surface area contributed by atoms with Gasteiger partial charge in [0.25, 0.3) is 0 Å². The van der Waals surface area contributed by atoms with Gasteiger partial charge in [-0.1, -0.05) is 5.92 Å². The number of rotatable bonds is 2. The molecule has 1 aliphatic rings. The van der Waals surface area contributed by atoms with E-state index in [4.69, 9.17) is 4.74 Å². The fourth-order valence-electron chi connectivity index (χ4n) is 1.09. The van der Waals surface area contributed by atoms with Crippen molar-refractivity contribution in [3.05, 3.63) is 0 Å². The van der Waals surface area contributed by atoms with Crippen molar-refractivity contribution in [2.24, 2.45) is 0 Å². The molecule has 1 rings (SSSR count). The summed E-state index contributed by atoms with van der Waals surface area (Å²) >= 11 is 0. The molecule has 0 bridgehead atoms. The Hall–Kier alpha value is -0.560. The van der Waals surface area contributed by atoms with E-state index in [2.05, 4.69) is 29.4 Å². The molecule has 1 fully saturated rings. The van der Waals surface area contributed by atoms with Crippen molar-refractivity contribution in [3.8, 4) is 11.8 Å². The summed E-state index contributed by atoms with van der Waals surface area (Å²) < 4.78 is 5.42. The van der Waals surface area contributed by atoms with Gasteiger partial charge < -0.3 is 10.1 Å². The molecule has 1 aliphatic heterocycles. The van der Waals surface area contributed by atoms with Gasteiger partial charge in [-0.25, -0.2) is 0 Å². The molecular weight excluding hydrogens is 152 g/mol. The van der Waals surface area contributed by atoms with E-state index < -0.39 is 0 Å². The zero-order valence-electron chi connectivity index (χ0n) is 7.68. The van der Waals surface area contributed by atoms with Crippen molar-refractivity contribution in [3.63, 3.8) is 0 Å². The second-order valence-corrected chi connectivity index (χ2v) is 2.94. The van der Waals surface area contributed by atoms with Gasteiger partial charge in [-0.05, 0) is 13.8 Å². The molecule has 0 radical (unpaired) electrons. The van der Waals surface area contributed by atoms with Crippen molar-refractivity contribution < 1.29 is 4.74 Å². The topological polar surface area (TPSA) is 33.3 Å². The first kappa shape index (κ1) is 9.53. The number of piperazine rings is 1. The minimum atomic E-state index is 0.127. The smallest absolute Gasteiger partial charge is 0.122 e. The van der Waals surface area contributed by atoms with Crippen molar-refractivity contribution in [2.75, 3.05) is 19.7 Å². The predicted molar refractivity (Wildman–Crippen MR) is 48.7 cm³/mol. The van der Waals surface area contributed by atoms with Gasteiger partial charge >= 0.3 is 0 Å². The molecule has 1 heterocycles. The van der Waals surface area contributed by atoms with E-state index in [0.717, 1.165) is 13.1 Å². The highest BCUT2D eigenvalue weighted by Gasteiger charge is 2.15. The van der Waals surface area contributed by atoms with Crippen LogP contribution in [0.4, 0.5) is 0 Å². The normalized spacial score (nSPS) is 29.2. The number of ether oxygens (including phenoxy) is 1. The number of nitrogens with one attached hydrogen (secondary N) is 2. The first-order valence-corrected chi connectivity index (χ1v) is 4.31. The summed E-state index contributed by atoms with van der Waals surface area (Å²) in [7, 11) is 0. The van der Waals surface area contributed by atoms with Crippen LogP contribution in [0.3, 0.4) is 0 Å². The molecule has 1 unspecified atom stereocenters. The fourth-order valence-corrected chi connectivity index (χ4v) is 1.09. The first-order valence-electron chi connectivity index (χ1n) is 4.31. The van der Waals surface area contributed by atoms with Gasteiger partial charge in [0.2, 0.25) is 0 Å². The summed E-state index contributed by atoms with van der Waals surface area (Å²) in [4.78, 5) is 0. The lowest BCUT2D eigenvalue weighted by Crippen LogP contribution is -2.54. The van der Waals surface area contributed by atoms with Crippen LogP contribution in [0.25, 0.3) is 0 Å². The quantitative estimate of drug-likeness (QED) is 0.566. The number of hydrogen-bond donors (Lipinski definition) is 2. The summed E-state index contributed by atoms with van der Waals surface area (Å²) in [6.07, 6.45) is 0.127. The molecular formula is C9H16N2O. The Kier molecular flexibility index (Phi) is 4.09. The van der Waals surface area contributed by atoms with Crippen LogP contribution >= 0.6 is 0 Å². The number of hydrogen-bond acceptors (Lipinski definition) is 3. The first-order chi connectivity index (χ1) is 5.83. The Morgan fingerprint density at radius 3 is 2.83 bits per heavy atom. The van der Waals surface area contributed by atoms with Gasteiger partial charge in [-0.2, -0.15) is 0 Å². The highest BCUT2D eigenvalue weighted by Crippen LogP contribution is 1.93. The van der Waals surface area contributed by atoms with Crippen LogP contribution in [0, 0.1) is 11.8 Å². The molecule has 68 valence electrons. The van der Waals surface area contributed by atoms with Crippen LogP contribution in [0.15, 0.2) is 0 Å². The van der Waals surface area contributed by atoms with Gasteiger partial charge in [0.1, 0.15) is 12.8 Å². The van der Waals surface area contributed by atoms with Crippen LogP contribution in [0.1, 0.15) is 13.8 Å². The van der Waals surface area contributed by atoms with Gasteiger partial charge in [0, 0.05) is 19.1 Å². The highest BCUT2D eigenvalue weighted by atomic mass is 16.5. The largest absolute Gasteiger partial charge is 0.349 e. The van der Waals surface area contributed by atoms with E-state index in [0.29, 0.717) is 12.6 Å². The van der Waals surface area contributed by atoms with E-state index in [1.54, 1.807) is 0 Å². The molecule has 0 saturated carbocycles. The Labute approximate surface area is 73.9 Å². The molecule has 0 aromatic heterocycles. The van der Waals surface area contributed by atoms with Gasteiger partial charge in [-0.15, -0.1) is 5.92 Å². The maximum atomic E-state index is 5.42. The van der Waals surface area contributed by atoms with Crippen molar-refractivity contribution in [1.82, 2.24) is 10.6 Å². The van der Waals surface area contributed by atoms with E-state index >= 15 is 0 Å². The summed E-state index contributed by atoms with van der Waals surface area (Å²) in [5.41, 5.74) is 0. The lowest BCUT2D eigenvalue weighted by atomic mass is 10.2. The molecule has 12 heavy (non-hydrogen) atoms. The Morgan fingerprint density at radius 1 is 1.42 bits per heavy atom. The second kappa shape index (κ2) is 5.15. The van der Waals surface area contributed by atoms with Crippen LogP contribution < -0.4 is 10.6 Å². The van der Waals surface area contributed by atoms with Crippen LogP contribution in [-0.4, -0.2) is 32.0 Å². The van der Waals surface area contributed by atoms with E-state index in [1.165, 1.54) is 0 Å². The Bertz CT molecular complexity index is 175. The molecule has 0 aromatic carbocycles. The third kappa shape index (κ3) is 3.22. The Balaban J connectivity index is 2.12. The average Bonchev–Trinajstić information content (AvgIpc) is 2.09.